The maximum Gasteiger partial charge on any atom is 0.358 e. The number of carboxylic acid groups (broad SMARTS) is 1. The Kier molecular flexibility index (Phi) is 3.94. The van der Waals surface area contributed by atoms with Crippen LogP contribution in [-0.4, -0.2) is 26.1 Å². The standard InChI is InChI=1S/C14H17N3O2/c1-3-4-12-13(14(18)19)15-16-17(12)9-11-7-5-10(2)6-8-11/h5-8H,3-4,9H2,1-2H3,(H,18,19). The minimum atomic E-state index is -1.02. The molecule has 2 aromatic rings. The highest BCUT2D eigenvalue weighted by atomic mass is 16.4. The summed E-state index contributed by atoms with van der Waals surface area (Å²) in [7, 11) is 0. The van der Waals surface area contributed by atoms with E-state index in [0.29, 0.717) is 18.7 Å². The Balaban J connectivity index is 2.29. The molecule has 0 aliphatic heterocycles. The highest BCUT2D eigenvalue weighted by Crippen LogP contribution is 2.12. The van der Waals surface area contributed by atoms with Gasteiger partial charge in [0.05, 0.1) is 12.2 Å². The maximum absolute atomic E-state index is 11.1. The topological polar surface area (TPSA) is 68.0 Å². The van der Waals surface area contributed by atoms with E-state index in [9.17, 15) is 4.79 Å². The van der Waals surface area contributed by atoms with E-state index >= 15 is 0 Å². The Labute approximate surface area is 111 Å². The molecule has 0 fully saturated rings. The van der Waals surface area contributed by atoms with Gasteiger partial charge in [-0.05, 0) is 18.9 Å². The summed E-state index contributed by atoms with van der Waals surface area (Å²) in [5.41, 5.74) is 3.04. The molecule has 1 N–H and O–H groups in total. The molecule has 2 rings (SSSR count). The predicted molar refractivity (Wildman–Crippen MR) is 71.3 cm³/mol. The van der Waals surface area contributed by atoms with Crippen molar-refractivity contribution in [1.29, 1.82) is 0 Å². The van der Waals surface area contributed by atoms with E-state index in [1.54, 1.807) is 4.68 Å². The number of hydrogen-bond donors (Lipinski definition) is 1. The highest BCUT2D eigenvalue weighted by Gasteiger charge is 2.18. The van der Waals surface area contributed by atoms with Crippen LogP contribution in [0.4, 0.5) is 0 Å². The summed E-state index contributed by atoms with van der Waals surface area (Å²) in [5, 5.41) is 16.8. The lowest BCUT2D eigenvalue weighted by Gasteiger charge is -2.06. The van der Waals surface area contributed by atoms with Crippen molar-refractivity contribution in [1.82, 2.24) is 15.0 Å². The summed E-state index contributed by atoms with van der Waals surface area (Å²) < 4.78 is 1.68. The largest absolute Gasteiger partial charge is 0.476 e. The molecule has 0 spiro atoms. The van der Waals surface area contributed by atoms with Gasteiger partial charge in [0.25, 0.3) is 0 Å². The van der Waals surface area contributed by atoms with E-state index < -0.39 is 5.97 Å². The van der Waals surface area contributed by atoms with Crippen LogP contribution in [0.25, 0.3) is 0 Å². The molecule has 1 aromatic heterocycles. The molecule has 0 radical (unpaired) electrons. The average molecular weight is 259 g/mol. The fraction of sp³-hybridized carbons (Fsp3) is 0.357. The van der Waals surface area contributed by atoms with Gasteiger partial charge in [0.15, 0.2) is 5.69 Å². The van der Waals surface area contributed by atoms with Crippen LogP contribution in [0.5, 0.6) is 0 Å². The third-order valence-corrected chi connectivity index (χ3v) is 2.98. The molecule has 0 aliphatic carbocycles. The van der Waals surface area contributed by atoms with Crippen molar-refractivity contribution in [2.75, 3.05) is 0 Å². The Morgan fingerprint density at radius 1 is 1.32 bits per heavy atom. The number of benzene rings is 1. The Morgan fingerprint density at radius 2 is 2.00 bits per heavy atom. The van der Waals surface area contributed by atoms with E-state index in [1.165, 1.54) is 5.56 Å². The molecular weight excluding hydrogens is 242 g/mol. The molecule has 1 heterocycles. The van der Waals surface area contributed by atoms with Crippen LogP contribution in [0, 0.1) is 6.92 Å². The number of carboxylic acids is 1. The zero-order valence-corrected chi connectivity index (χ0v) is 11.1. The zero-order chi connectivity index (χ0) is 13.8. The van der Waals surface area contributed by atoms with Gasteiger partial charge in [0.1, 0.15) is 0 Å². The van der Waals surface area contributed by atoms with Crippen LogP contribution in [0.15, 0.2) is 24.3 Å². The minimum Gasteiger partial charge on any atom is -0.476 e. The Hall–Kier alpha value is -2.17. The number of rotatable bonds is 5. The lowest BCUT2D eigenvalue weighted by atomic mass is 10.1. The molecule has 0 unspecified atom stereocenters. The summed E-state index contributed by atoms with van der Waals surface area (Å²) in [6.07, 6.45) is 1.53. The van der Waals surface area contributed by atoms with Crippen LogP contribution in [-0.2, 0) is 13.0 Å². The van der Waals surface area contributed by atoms with Crippen molar-refractivity contribution in [3.8, 4) is 0 Å². The summed E-state index contributed by atoms with van der Waals surface area (Å²) in [6.45, 7) is 4.59. The average Bonchev–Trinajstić information content (AvgIpc) is 2.76. The van der Waals surface area contributed by atoms with Gasteiger partial charge in [0.2, 0.25) is 0 Å². The zero-order valence-electron chi connectivity index (χ0n) is 11.1. The van der Waals surface area contributed by atoms with Crippen LogP contribution < -0.4 is 0 Å². The third-order valence-electron chi connectivity index (χ3n) is 2.98. The number of aromatic carboxylic acids is 1. The van der Waals surface area contributed by atoms with Crippen LogP contribution in [0.2, 0.25) is 0 Å². The molecule has 0 saturated carbocycles. The molecule has 0 atom stereocenters. The third kappa shape index (κ3) is 2.99. The molecule has 0 aliphatic rings. The first-order chi connectivity index (χ1) is 9.11. The molecule has 5 nitrogen and oxygen atoms in total. The molecule has 100 valence electrons. The quantitative estimate of drug-likeness (QED) is 0.894. The second-order valence-electron chi connectivity index (χ2n) is 4.58. The smallest absolute Gasteiger partial charge is 0.358 e. The second-order valence-corrected chi connectivity index (χ2v) is 4.58. The van der Waals surface area contributed by atoms with Crippen molar-refractivity contribution in [3.05, 3.63) is 46.8 Å². The minimum absolute atomic E-state index is 0.0639. The lowest BCUT2D eigenvalue weighted by Crippen LogP contribution is -2.09. The number of hydrogen-bond acceptors (Lipinski definition) is 3. The van der Waals surface area contributed by atoms with Gasteiger partial charge >= 0.3 is 5.97 Å². The number of carbonyl (C=O) groups is 1. The van der Waals surface area contributed by atoms with Gasteiger partial charge in [0, 0.05) is 0 Å². The van der Waals surface area contributed by atoms with Gasteiger partial charge in [-0.15, -0.1) is 5.10 Å². The van der Waals surface area contributed by atoms with E-state index in [0.717, 1.165) is 12.0 Å². The van der Waals surface area contributed by atoms with Crippen molar-refractivity contribution in [3.63, 3.8) is 0 Å². The second kappa shape index (κ2) is 5.65. The SMILES string of the molecule is CCCc1c(C(=O)O)nnn1Cc1ccc(C)cc1. The van der Waals surface area contributed by atoms with Gasteiger partial charge in [-0.3, -0.25) is 0 Å². The highest BCUT2D eigenvalue weighted by molar-refractivity contribution is 5.86. The van der Waals surface area contributed by atoms with Crippen LogP contribution in [0.3, 0.4) is 0 Å². The van der Waals surface area contributed by atoms with Gasteiger partial charge in [-0.25, -0.2) is 9.48 Å². The maximum atomic E-state index is 11.1. The van der Waals surface area contributed by atoms with E-state index in [2.05, 4.69) is 10.3 Å². The van der Waals surface area contributed by atoms with Crippen molar-refractivity contribution in [2.24, 2.45) is 0 Å². The van der Waals surface area contributed by atoms with Crippen molar-refractivity contribution >= 4 is 5.97 Å². The van der Waals surface area contributed by atoms with E-state index in [-0.39, 0.29) is 5.69 Å². The Morgan fingerprint density at radius 3 is 2.58 bits per heavy atom. The molecule has 19 heavy (non-hydrogen) atoms. The van der Waals surface area contributed by atoms with Crippen molar-refractivity contribution in [2.45, 2.75) is 33.2 Å². The molecular formula is C14H17N3O2. The van der Waals surface area contributed by atoms with Gasteiger partial charge in [-0.2, -0.15) is 0 Å². The molecule has 1 aromatic carbocycles. The number of nitrogens with zero attached hydrogens (tertiary/aromatic N) is 3. The van der Waals surface area contributed by atoms with E-state index in [1.807, 2.05) is 38.1 Å². The molecule has 0 saturated heterocycles. The normalized spacial score (nSPS) is 10.6. The number of aryl methyl sites for hydroxylation is 1. The molecule has 5 heteroatoms. The van der Waals surface area contributed by atoms with E-state index in [4.69, 9.17) is 5.11 Å². The van der Waals surface area contributed by atoms with Gasteiger partial charge in [-0.1, -0.05) is 48.4 Å². The van der Waals surface area contributed by atoms with Crippen molar-refractivity contribution < 1.29 is 9.90 Å². The first kappa shape index (κ1) is 13.3. The van der Waals surface area contributed by atoms with Gasteiger partial charge < -0.3 is 5.11 Å². The fourth-order valence-corrected chi connectivity index (χ4v) is 1.98. The summed E-state index contributed by atoms with van der Waals surface area (Å²) in [6, 6.07) is 8.11. The first-order valence-corrected chi connectivity index (χ1v) is 6.33. The first-order valence-electron chi connectivity index (χ1n) is 6.33. The monoisotopic (exact) mass is 259 g/mol. The summed E-state index contributed by atoms with van der Waals surface area (Å²) >= 11 is 0. The summed E-state index contributed by atoms with van der Waals surface area (Å²) in [4.78, 5) is 11.1. The predicted octanol–water partition coefficient (Wildman–Crippen LogP) is 2.29. The van der Waals surface area contributed by atoms with Crippen LogP contribution >= 0.6 is 0 Å². The fourth-order valence-electron chi connectivity index (χ4n) is 1.98. The molecule has 0 amide bonds. The lowest BCUT2D eigenvalue weighted by molar-refractivity contribution is 0.0689. The summed E-state index contributed by atoms with van der Waals surface area (Å²) in [5.74, 6) is -1.02. The Bertz CT molecular complexity index is 573. The van der Waals surface area contributed by atoms with Crippen LogP contribution in [0.1, 0.15) is 40.7 Å². The number of aromatic nitrogens is 3. The molecule has 0 bridgehead atoms.